The zero-order valence-electron chi connectivity index (χ0n) is 15.2. The lowest BCUT2D eigenvalue weighted by Gasteiger charge is -2.44. The van der Waals surface area contributed by atoms with Crippen molar-refractivity contribution in [3.05, 3.63) is 0 Å². The number of fused-ring (bicyclic) bond motifs is 1. The summed E-state index contributed by atoms with van der Waals surface area (Å²) in [6.07, 6.45) is 6.72. The van der Waals surface area contributed by atoms with Gasteiger partial charge in [-0.1, -0.05) is 26.2 Å². The van der Waals surface area contributed by atoms with Gasteiger partial charge < -0.3 is 0 Å². The molecule has 4 rings (SSSR count). The van der Waals surface area contributed by atoms with E-state index >= 15 is 0 Å². The molecule has 0 aromatic carbocycles. The molecule has 3 aliphatic heterocycles. The van der Waals surface area contributed by atoms with Gasteiger partial charge in [-0.25, -0.2) is 5.43 Å². The Morgan fingerprint density at radius 2 is 2.04 bits per heavy atom. The van der Waals surface area contributed by atoms with Gasteiger partial charge in [0.15, 0.2) is 0 Å². The lowest BCUT2D eigenvalue weighted by Crippen LogP contribution is -2.65. The lowest BCUT2D eigenvalue weighted by molar-refractivity contribution is -0.125. The number of alkyl halides is 1. The van der Waals surface area contributed by atoms with E-state index in [1.54, 1.807) is 0 Å². The van der Waals surface area contributed by atoms with Gasteiger partial charge in [0.25, 0.3) is 5.91 Å². The van der Waals surface area contributed by atoms with E-state index in [1.165, 1.54) is 32.2 Å². The summed E-state index contributed by atoms with van der Waals surface area (Å²) in [5.74, 6) is 1.59. The van der Waals surface area contributed by atoms with Gasteiger partial charge >= 0.3 is 0 Å². The third kappa shape index (κ3) is 3.69. The molecule has 7 heteroatoms. The Hall–Kier alpha value is -0.400. The summed E-state index contributed by atoms with van der Waals surface area (Å²) in [6.45, 7) is 7.43. The molecule has 1 aliphatic carbocycles. The maximum absolute atomic E-state index is 11.9. The number of hydrogen-bond acceptors (Lipinski definition) is 5. The molecular weight excluding hydrogens is 338 g/mol. The Kier molecular flexibility index (Phi) is 5.53. The molecule has 0 aromatic heterocycles. The van der Waals surface area contributed by atoms with Crippen molar-refractivity contribution in [2.75, 3.05) is 32.8 Å². The van der Waals surface area contributed by atoms with Crippen LogP contribution in [0.1, 0.15) is 39.0 Å². The molecule has 4 aliphatic rings. The van der Waals surface area contributed by atoms with E-state index < -0.39 is 5.38 Å². The SMILES string of the molecule is CC1CCCCC1CN1CNC2CCN(C3CNNC(=O)C3Cl)CC21. The van der Waals surface area contributed by atoms with Crippen LogP contribution in [-0.4, -0.2) is 72.1 Å². The fourth-order valence-electron chi connectivity index (χ4n) is 5.29. The van der Waals surface area contributed by atoms with Gasteiger partial charge in [0.05, 0.1) is 0 Å². The number of likely N-dealkylation sites (tertiary alicyclic amines) is 1. The van der Waals surface area contributed by atoms with Crippen LogP contribution in [0.4, 0.5) is 0 Å². The van der Waals surface area contributed by atoms with E-state index in [0.717, 1.165) is 44.6 Å². The van der Waals surface area contributed by atoms with Crippen molar-refractivity contribution < 1.29 is 4.79 Å². The molecule has 1 saturated carbocycles. The second-order valence-corrected chi connectivity index (χ2v) is 8.92. The molecule has 1 amide bonds. The zero-order chi connectivity index (χ0) is 17.4. The second-order valence-electron chi connectivity index (χ2n) is 8.45. The number of rotatable bonds is 3. The number of halogens is 1. The first-order valence-corrected chi connectivity index (χ1v) is 10.5. The maximum atomic E-state index is 11.9. The number of amides is 1. The molecule has 3 saturated heterocycles. The highest BCUT2D eigenvalue weighted by atomic mass is 35.5. The highest BCUT2D eigenvalue weighted by Crippen LogP contribution is 2.32. The van der Waals surface area contributed by atoms with E-state index in [4.69, 9.17) is 11.6 Å². The van der Waals surface area contributed by atoms with Crippen molar-refractivity contribution in [2.24, 2.45) is 11.8 Å². The maximum Gasteiger partial charge on any atom is 0.253 e. The molecule has 3 heterocycles. The summed E-state index contributed by atoms with van der Waals surface area (Å²) in [6, 6.07) is 1.23. The first kappa shape index (κ1) is 18.0. The van der Waals surface area contributed by atoms with Crippen LogP contribution in [-0.2, 0) is 4.79 Å². The van der Waals surface area contributed by atoms with E-state index in [9.17, 15) is 4.79 Å². The van der Waals surface area contributed by atoms with E-state index in [2.05, 4.69) is 32.9 Å². The van der Waals surface area contributed by atoms with Crippen molar-refractivity contribution in [1.82, 2.24) is 26.0 Å². The van der Waals surface area contributed by atoms with Crippen LogP contribution in [0.3, 0.4) is 0 Å². The van der Waals surface area contributed by atoms with Crippen LogP contribution in [0, 0.1) is 11.8 Å². The summed E-state index contributed by atoms with van der Waals surface area (Å²) in [4.78, 5) is 17.0. The Morgan fingerprint density at radius 1 is 1.20 bits per heavy atom. The summed E-state index contributed by atoms with van der Waals surface area (Å²) in [5.41, 5.74) is 5.64. The highest BCUT2D eigenvalue weighted by molar-refractivity contribution is 6.31. The lowest BCUT2D eigenvalue weighted by atomic mass is 9.80. The predicted octanol–water partition coefficient (Wildman–Crippen LogP) is 0.729. The van der Waals surface area contributed by atoms with Crippen LogP contribution in [0.5, 0.6) is 0 Å². The second kappa shape index (κ2) is 7.69. The molecule has 25 heavy (non-hydrogen) atoms. The van der Waals surface area contributed by atoms with Crippen LogP contribution in [0.15, 0.2) is 0 Å². The Balaban J connectivity index is 1.39. The monoisotopic (exact) mass is 369 g/mol. The predicted molar refractivity (Wildman–Crippen MR) is 99.2 cm³/mol. The Labute approximate surface area is 156 Å². The van der Waals surface area contributed by atoms with E-state index in [1.807, 2.05) is 0 Å². The van der Waals surface area contributed by atoms with Crippen molar-refractivity contribution in [3.8, 4) is 0 Å². The van der Waals surface area contributed by atoms with Gasteiger partial charge in [0.2, 0.25) is 0 Å². The molecule has 4 fully saturated rings. The van der Waals surface area contributed by atoms with Gasteiger partial charge in [-0.15, -0.1) is 11.6 Å². The summed E-state index contributed by atoms with van der Waals surface area (Å²) >= 11 is 6.40. The van der Waals surface area contributed by atoms with Crippen molar-refractivity contribution >= 4 is 17.5 Å². The fourth-order valence-corrected chi connectivity index (χ4v) is 5.59. The topological polar surface area (TPSA) is 59.6 Å². The molecule has 142 valence electrons. The minimum Gasteiger partial charge on any atom is -0.300 e. The average molecular weight is 370 g/mol. The highest BCUT2D eigenvalue weighted by Gasteiger charge is 2.43. The summed E-state index contributed by atoms with van der Waals surface area (Å²) in [5, 5.41) is 3.27. The average Bonchev–Trinajstić information content (AvgIpc) is 3.01. The standard InChI is InChI=1S/C18H32ClN5O/c1-12-4-2-3-5-13(12)9-24-11-20-14-6-7-23(10-16(14)24)15-8-21-22-18(25)17(15)19/h12-17,20-21H,2-11H2,1H3,(H,22,25). The molecule has 6 atom stereocenters. The minimum absolute atomic E-state index is 0.0902. The number of carbonyl (C=O) groups is 1. The van der Waals surface area contributed by atoms with Crippen LogP contribution < -0.4 is 16.2 Å². The molecule has 0 bridgehead atoms. The number of nitrogens with one attached hydrogen (secondary N) is 3. The van der Waals surface area contributed by atoms with Gasteiger partial charge in [-0.3, -0.25) is 25.3 Å². The quantitative estimate of drug-likeness (QED) is 0.640. The first-order valence-electron chi connectivity index (χ1n) is 10.0. The van der Waals surface area contributed by atoms with Crippen molar-refractivity contribution in [3.63, 3.8) is 0 Å². The first-order chi connectivity index (χ1) is 12.1. The Bertz CT molecular complexity index is 492. The van der Waals surface area contributed by atoms with Gasteiger partial charge in [-0.2, -0.15) is 0 Å². The molecule has 6 unspecified atom stereocenters. The number of nitrogens with zero attached hydrogens (tertiary/aromatic N) is 2. The zero-order valence-corrected chi connectivity index (χ0v) is 16.0. The van der Waals surface area contributed by atoms with Gasteiger partial charge in [-0.05, 0) is 24.7 Å². The molecule has 3 N–H and O–H groups in total. The van der Waals surface area contributed by atoms with Gasteiger partial charge in [0.1, 0.15) is 5.38 Å². The largest absolute Gasteiger partial charge is 0.300 e. The van der Waals surface area contributed by atoms with E-state index in [-0.39, 0.29) is 11.9 Å². The Morgan fingerprint density at radius 3 is 2.88 bits per heavy atom. The number of piperidine rings is 1. The third-order valence-electron chi connectivity index (χ3n) is 6.98. The van der Waals surface area contributed by atoms with Gasteiger partial charge in [0, 0.05) is 51.0 Å². The number of hydrogen-bond donors (Lipinski definition) is 3. The minimum atomic E-state index is -0.459. The van der Waals surface area contributed by atoms with Crippen LogP contribution >= 0.6 is 11.6 Å². The molecular formula is C18H32ClN5O. The van der Waals surface area contributed by atoms with Crippen LogP contribution in [0.25, 0.3) is 0 Å². The molecule has 0 aromatic rings. The molecule has 0 radical (unpaired) electrons. The van der Waals surface area contributed by atoms with Crippen molar-refractivity contribution in [2.45, 2.75) is 62.5 Å². The molecule has 0 spiro atoms. The number of carbonyl (C=O) groups excluding carboxylic acids is 1. The fraction of sp³-hybridized carbons (Fsp3) is 0.944. The van der Waals surface area contributed by atoms with Crippen LogP contribution in [0.2, 0.25) is 0 Å². The normalized spacial score (nSPS) is 43.7. The van der Waals surface area contributed by atoms with E-state index in [0.29, 0.717) is 12.1 Å². The molecule has 6 nitrogen and oxygen atoms in total. The summed E-state index contributed by atoms with van der Waals surface area (Å²) < 4.78 is 0. The third-order valence-corrected chi connectivity index (χ3v) is 7.47. The number of hydrazine groups is 1. The summed E-state index contributed by atoms with van der Waals surface area (Å²) in [7, 11) is 0. The van der Waals surface area contributed by atoms with Crippen molar-refractivity contribution in [1.29, 1.82) is 0 Å². The smallest absolute Gasteiger partial charge is 0.253 e.